The van der Waals surface area contributed by atoms with Gasteiger partial charge in [-0.3, -0.25) is 28.8 Å². The first-order chi connectivity index (χ1) is 22.2. The molecule has 0 aromatic rings. The average molecular weight is 869 g/mol. The van der Waals surface area contributed by atoms with Crippen LogP contribution in [-0.4, -0.2) is 140 Å². The number of rotatable bonds is 23. The standard InChI is InChI=1S/C31H52N2O12S3.8CH4/c1-30(2,28(39)40)17-20(26(37)43-13-11-41-9)15-22(24(35)32(5)6)47-29(46)48-23(25(36)33(7)8)16-21(18-31(3,4)45-19-34)27(38)44-14-12-42-10;;;;;;;;/h19-23H,11-18H2,1-10H3,(H,39,40);8*1H4. The molecule has 4 atom stereocenters. The fraction of sp³-hybridized carbons (Fsp3) is 0.821. The molecule has 0 bridgehead atoms. The summed E-state index contributed by atoms with van der Waals surface area (Å²) in [5.41, 5.74) is -2.37. The van der Waals surface area contributed by atoms with E-state index in [9.17, 15) is 33.9 Å². The molecule has 0 saturated carbocycles. The van der Waals surface area contributed by atoms with Crippen LogP contribution in [0.25, 0.3) is 0 Å². The Morgan fingerprint density at radius 3 is 1.29 bits per heavy atom. The highest BCUT2D eigenvalue weighted by Gasteiger charge is 2.39. The molecule has 0 aliphatic carbocycles. The van der Waals surface area contributed by atoms with Crippen molar-refractivity contribution >= 4 is 75.5 Å². The van der Waals surface area contributed by atoms with E-state index in [1.54, 1.807) is 42.0 Å². The molecule has 0 aliphatic rings. The van der Waals surface area contributed by atoms with Crippen LogP contribution in [0.3, 0.4) is 0 Å². The molecule has 0 aromatic heterocycles. The summed E-state index contributed by atoms with van der Waals surface area (Å²) < 4.78 is 26.0. The van der Waals surface area contributed by atoms with Crippen molar-refractivity contribution in [2.24, 2.45) is 17.3 Å². The van der Waals surface area contributed by atoms with Gasteiger partial charge in [0.1, 0.15) is 22.3 Å². The molecule has 0 aliphatic heterocycles. The van der Waals surface area contributed by atoms with E-state index in [0.717, 1.165) is 23.5 Å². The first-order valence-corrected chi connectivity index (χ1v) is 17.3. The Morgan fingerprint density at radius 1 is 0.661 bits per heavy atom. The molecule has 56 heavy (non-hydrogen) atoms. The topological polar surface area (TPSA) is 175 Å². The number of aliphatic carboxylic acids is 1. The molecule has 0 fully saturated rings. The number of carboxylic acids is 1. The van der Waals surface area contributed by atoms with Crippen LogP contribution in [0, 0.1) is 17.3 Å². The van der Waals surface area contributed by atoms with Gasteiger partial charge >= 0.3 is 17.9 Å². The number of amides is 2. The van der Waals surface area contributed by atoms with E-state index in [1.807, 2.05) is 0 Å². The zero-order chi connectivity index (χ0) is 37.2. The van der Waals surface area contributed by atoms with Crippen LogP contribution < -0.4 is 0 Å². The van der Waals surface area contributed by atoms with E-state index in [0.29, 0.717) is 0 Å². The maximum absolute atomic E-state index is 13.4. The summed E-state index contributed by atoms with van der Waals surface area (Å²) in [7, 11) is 9.10. The molecule has 0 saturated heterocycles. The van der Waals surface area contributed by atoms with E-state index >= 15 is 0 Å². The minimum atomic E-state index is -1.31. The third-order valence-electron chi connectivity index (χ3n) is 7.08. The molecule has 0 aromatic carbocycles. The minimum absolute atomic E-state index is 0. The normalized spacial score (nSPS) is 12.1. The number of thioether (sulfide) groups is 2. The number of thiocarbonyl (C=S) groups is 1. The third kappa shape index (κ3) is 28.9. The first kappa shape index (κ1) is 74.5. The van der Waals surface area contributed by atoms with Crippen molar-refractivity contribution < 1.29 is 57.6 Å². The quantitative estimate of drug-likeness (QED) is 0.0344. The summed E-state index contributed by atoms with van der Waals surface area (Å²) in [6.45, 7) is 6.75. The second kappa shape index (κ2) is 36.8. The lowest BCUT2D eigenvalue weighted by Crippen LogP contribution is -2.39. The lowest BCUT2D eigenvalue weighted by atomic mass is 9.81. The molecule has 2 amide bonds. The highest BCUT2D eigenvalue weighted by atomic mass is 32.2. The Labute approximate surface area is 356 Å². The van der Waals surface area contributed by atoms with Crippen LogP contribution in [0.4, 0.5) is 0 Å². The molecule has 0 radical (unpaired) electrons. The molecule has 0 spiro atoms. The summed E-state index contributed by atoms with van der Waals surface area (Å²) in [6.07, 6.45) is -0.196. The minimum Gasteiger partial charge on any atom is -0.481 e. The number of carbonyl (C=O) groups is 6. The number of ether oxygens (including phenoxy) is 5. The number of hydrogen-bond donors (Lipinski definition) is 1. The lowest BCUT2D eigenvalue weighted by molar-refractivity contribution is -0.156. The van der Waals surface area contributed by atoms with Crippen molar-refractivity contribution in [3.8, 4) is 0 Å². The van der Waals surface area contributed by atoms with E-state index < -0.39 is 51.3 Å². The number of carboxylic acid groups (broad SMARTS) is 1. The highest BCUT2D eigenvalue weighted by molar-refractivity contribution is 8.47. The van der Waals surface area contributed by atoms with E-state index in [-0.39, 0.29) is 133 Å². The zero-order valence-corrected chi connectivity index (χ0v) is 32.1. The van der Waals surface area contributed by atoms with Gasteiger partial charge in [0.25, 0.3) is 6.47 Å². The van der Waals surface area contributed by atoms with Gasteiger partial charge in [0.05, 0.1) is 41.0 Å². The summed E-state index contributed by atoms with van der Waals surface area (Å²) in [4.78, 5) is 78.8. The van der Waals surface area contributed by atoms with Gasteiger partial charge in [0.2, 0.25) is 11.8 Å². The summed E-state index contributed by atoms with van der Waals surface area (Å²) in [6, 6.07) is 0. The largest absolute Gasteiger partial charge is 0.481 e. The molecule has 340 valence electrons. The second-order valence-corrected chi connectivity index (χ2v) is 16.3. The lowest BCUT2D eigenvalue weighted by Gasteiger charge is -2.30. The highest BCUT2D eigenvalue weighted by Crippen LogP contribution is 2.37. The fourth-order valence-corrected chi connectivity index (χ4v) is 7.80. The Morgan fingerprint density at radius 2 is 1.00 bits per heavy atom. The molecule has 0 rings (SSSR count). The maximum atomic E-state index is 13.4. The number of esters is 2. The van der Waals surface area contributed by atoms with Gasteiger partial charge in [-0.25, -0.2) is 0 Å². The molecule has 14 nitrogen and oxygen atoms in total. The molecule has 4 unspecified atom stereocenters. The zero-order valence-electron chi connectivity index (χ0n) is 29.6. The molecule has 0 heterocycles. The smallest absolute Gasteiger partial charge is 0.309 e. The Bertz CT molecular complexity index is 1110. The van der Waals surface area contributed by atoms with Gasteiger partial charge in [-0.2, -0.15) is 0 Å². The van der Waals surface area contributed by atoms with Crippen molar-refractivity contribution in [1.82, 2.24) is 9.80 Å². The van der Waals surface area contributed by atoms with Gasteiger partial charge in [-0.05, 0) is 53.4 Å². The summed E-state index contributed by atoms with van der Waals surface area (Å²) in [5.74, 6) is -5.00. The van der Waals surface area contributed by atoms with Crippen molar-refractivity contribution in [1.29, 1.82) is 0 Å². The van der Waals surface area contributed by atoms with Gasteiger partial charge in [-0.1, -0.05) is 95.2 Å². The SMILES string of the molecule is C.C.C.C.C.C.C.C.COCCOC(=O)C(CC(SC(=S)SC(CC(CC(C)(C)C(=O)O)C(=O)OCCOC)C(=O)N(C)C)C(=O)N(C)C)CC(C)(C)OC=O. The van der Waals surface area contributed by atoms with Crippen molar-refractivity contribution in [3.63, 3.8) is 0 Å². The maximum Gasteiger partial charge on any atom is 0.309 e. The summed E-state index contributed by atoms with van der Waals surface area (Å²) in [5, 5.41) is 7.92. The predicted octanol–water partition coefficient (Wildman–Crippen LogP) is 7.97. The predicted molar refractivity (Wildman–Crippen MR) is 240 cm³/mol. The molecule has 17 heteroatoms. The van der Waals surface area contributed by atoms with Crippen molar-refractivity contribution in [2.45, 2.75) is 129 Å². The summed E-state index contributed by atoms with van der Waals surface area (Å²) >= 11 is 7.64. The Balaban J connectivity index is -0.000000394. The van der Waals surface area contributed by atoms with Crippen LogP contribution in [0.15, 0.2) is 0 Å². The van der Waals surface area contributed by atoms with Gasteiger partial charge in [0.15, 0.2) is 0 Å². The van der Waals surface area contributed by atoms with E-state index in [1.165, 1.54) is 37.9 Å². The van der Waals surface area contributed by atoms with Crippen LogP contribution in [-0.2, 0) is 52.5 Å². The molecular formula is C39H84N2O12S3. The van der Waals surface area contributed by atoms with Crippen LogP contribution in [0.2, 0.25) is 0 Å². The Hall–Kier alpha value is -2.47. The number of carbonyl (C=O) groups excluding carboxylic acids is 5. The van der Waals surface area contributed by atoms with Gasteiger partial charge < -0.3 is 38.6 Å². The molecule has 1 N–H and O–H groups in total. The monoisotopic (exact) mass is 869 g/mol. The van der Waals surface area contributed by atoms with Crippen LogP contribution >= 0.6 is 35.7 Å². The number of hydrogen-bond acceptors (Lipinski definition) is 14. The fourth-order valence-electron chi connectivity index (χ4n) is 4.44. The van der Waals surface area contributed by atoms with E-state index in [2.05, 4.69) is 0 Å². The Kier molecular flexibility index (Phi) is 49.0. The molecular weight excluding hydrogens is 785 g/mol. The van der Waals surface area contributed by atoms with Gasteiger partial charge in [0, 0.05) is 42.4 Å². The van der Waals surface area contributed by atoms with Gasteiger partial charge in [-0.15, -0.1) is 0 Å². The van der Waals surface area contributed by atoms with E-state index in [4.69, 9.17) is 35.9 Å². The average Bonchev–Trinajstić information content (AvgIpc) is 2.98. The third-order valence-corrected chi connectivity index (χ3v) is 9.97. The van der Waals surface area contributed by atoms with Crippen LogP contribution in [0.5, 0.6) is 0 Å². The second-order valence-electron chi connectivity index (χ2n) is 12.7. The van der Waals surface area contributed by atoms with Crippen LogP contribution in [0.1, 0.15) is 113 Å². The number of methoxy groups -OCH3 is 2. The number of nitrogens with zero attached hydrogens (tertiary/aromatic N) is 2. The van der Waals surface area contributed by atoms with Crippen molar-refractivity contribution in [2.75, 3.05) is 68.8 Å². The first-order valence-electron chi connectivity index (χ1n) is 15.2. The van der Waals surface area contributed by atoms with Crippen molar-refractivity contribution in [3.05, 3.63) is 0 Å².